The fraction of sp³-hybridized carbons (Fsp3) is 0.182. The van der Waals surface area contributed by atoms with Crippen LogP contribution >= 0.6 is 27.3 Å². The predicted octanol–water partition coefficient (Wildman–Crippen LogP) is 5.48. The number of carbonyl (C=O) groups is 2. The number of aryl methyl sites for hydroxylation is 1. The number of fused-ring (bicyclic) bond motifs is 3. The molecule has 5 nitrogen and oxygen atoms in total. The Morgan fingerprint density at radius 1 is 1.14 bits per heavy atom. The molecule has 0 aliphatic heterocycles. The van der Waals surface area contributed by atoms with Gasteiger partial charge in [0, 0.05) is 15.3 Å². The molecule has 0 radical (unpaired) electrons. The molecular weight excluding hydrogens is 454 g/mol. The molecule has 2 aromatic carbocycles. The number of halogens is 1. The molecule has 1 aliphatic carbocycles. The fourth-order valence-corrected chi connectivity index (χ4v) is 5.62. The van der Waals surface area contributed by atoms with E-state index in [4.69, 9.17) is 4.74 Å². The summed E-state index contributed by atoms with van der Waals surface area (Å²) in [5, 5.41) is 12.0. The molecule has 3 aromatic rings. The van der Waals surface area contributed by atoms with Gasteiger partial charge in [0.1, 0.15) is 6.61 Å². The smallest absolute Gasteiger partial charge is 0.408 e. The van der Waals surface area contributed by atoms with Crippen LogP contribution in [0.5, 0.6) is 0 Å². The summed E-state index contributed by atoms with van der Waals surface area (Å²) in [5.41, 5.74) is 4.48. The number of carbonyl (C=O) groups excluding carboxylic acids is 1. The monoisotopic (exact) mass is 471 g/mol. The lowest BCUT2D eigenvalue weighted by Gasteiger charge is -2.17. The second-order valence-electron chi connectivity index (χ2n) is 6.81. The average Bonchev–Trinajstić information content (AvgIpc) is 3.20. The van der Waals surface area contributed by atoms with Gasteiger partial charge >= 0.3 is 12.1 Å². The van der Waals surface area contributed by atoms with Crippen LogP contribution in [0.4, 0.5) is 4.79 Å². The second-order valence-corrected chi connectivity index (χ2v) is 8.95. The summed E-state index contributed by atoms with van der Waals surface area (Å²) in [6.07, 6.45) is -0.753. The van der Waals surface area contributed by atoms with E-state index in [1.807, 2.05) is 49.4 Å². The zero-order valence-corrected chi connectivity index (χ0v) is 17.9. The van der Waals surface area contributed by atoms with Crippen molar-refractivity contribution < 1.29 is 19.4 Å². The minimum atomic E-state index is -1.17. The molecule has 0 fully saturated rings. The standard InChI is InChI=1S/C22H18BrNO4S/c1-12-10-18(23)20(29-12)19(21(25)26)24-22(27)28-11-17-15-8-4-2-6-13(15)14-7-3-5-9-16(14)17/h2-10,17,19H,11H2,1H3,(H,24,27)(H,25,26). The fourth-order valence-electron chi connectivity index (χ4n) is 3.70. The zero-order valence-electron chi connectivity index (χ0n) is 15.5. The molecule has 1 amide bonds. The van der Waals surface area contributed by atoms with Gasteiger partial charge in [0.25, 0.3) is 0 Å². The molecule has 0 spiro atoms. The van der Waals surface area contributed by atoms with Gasteiger partial charge < -0.3 is 15.2 Å². The normalized spacial score (nSPS) is 13.4. The van der Waals surface area contributed by atoms with E-state index in [9.17, 15) is 14.7 Å². The Bertz CT molecular complexity index is 1050. The highest BCUT2D eigenvalue weighted by Gasteiger charge is 2.31. The molecule has 0 bridgehead atoms. The lowest BCUT2D eigenvalue weighted by atomic mass is 9.98. The summed E-state index contributed by atoms with van der Waals surface area (Å²) in [6.45, 7) is 2.02. The number of alkyl carbamates (subject to hydrolysis) is 1. The lowest BCUT2D eigenvalue weighted by Crippen LogP contribution is -2.34. The van der Waals surface area contributed by atoms with E-state index in [2.05, 4.69) is 33.4 Å². The van der Waals surface area contributed by atoms with Crippen molar-refractivity contribution in [2.24, 2.45) is 0 Å². The van der Waals surface area contributed by atoms with Crippen molar-refractivity contribution in [1.82, 2.24) is 5.32 Å². The third-order valence-corrected chi connectivity index (χ3v) is 6.99. The van der Waals surface area contributed by atoms with Crippen LogP contribution < -0.4 is 5.32 Å². The van der Waals surface area contributed by atoms with Gasteiger partial charge in [-0.05, 0) is 51.2 Å². The predicted molar refractivity (Wildman–Crippen MR) is 115 cm³/mol. The number of thiophene rings is 1. The van der Waals surface area contributed by atoms with Crippen LogP contribution in [0.3, 0.4) is 0 Å². The maximum Gasteiger partial charge on any atom is 0.408 e. The van der Waals surface area contributed by atoms with Crippen LogP contribution in [-0.4, -0.2) is 23.8 Å². The molecule has 0 saturated carbocycles. The van der Waals surface area contributed by atoms with Gasteiger partial charge in [-0.1, -0.05) is 48.5 Å². The lowest BCUT2D eigenvalue weighted by molar-refractivity contribution is -0.139. The van der Waals surface area contributed by atoms with Gasteiger partial charge in [0.05, 0.1) is 4.88 Å². The van der Waals surface area contributed by atoms with Crippen LogP contribution in [-0.2, 0) is 9.53 Å². The molecule has 29 heavy (non-hydrogen) atoms. The molecule has 1 heterocycles. The maximum absolute atomic E-state index is 12.4. The quantitative estimate of drug-likeness (QED) is 0.516. The molecule has 1 aliphatic rings. The van der Waals surface area contributed by atoms with Crippen molar-refractivity contribution in [1.29, 1.82) is 0 Å². The van der Waals surface area contributed by atoms with E-state index < -0.39 is 18.1 Å². The molecule has 7 heteroatoms. The Morgan fingerprint density at radius 3 is 2.24 bits per heavy atom. The van der Waals surface area contributed by atoms with Crippen LogP contribution in [0.2, 0.25) is 0 Å². The van der Waals surface area contributed by atoms with E-state index >= 15 is 0 Å². The van der Waals surface area contributed by atoms with Crippen molar-refractivity contribution in [3.05, 3.63) is 80.0 Å². The van der Waals surface area contributed by atoms with Gasteiger partial charge in [-0.3, -0.25) is 0 Å². The highest BCUT2D eigenvalue weighted by molar-refractivity contribution is 9.10. The molecule has 148 valence electrons. The van der Waals surface area contributed by atoms with Gasteiger partial charge in [0.2, 0.25) is 0 Å². The summed E-state index contributed by atoms with van der Waals surface area (Å²) in [6, 6.07) is 16.8. The molecule has 4 rings (SSSR count). The SMILES string of the molecule is Cc1cc(Br)c(C(NC(=O)OCC2c3ccccc3-c3ccccc32)C(=O)O)s1. The van der Waals surface area contributed by atoms with Gasteiger partial charge in [-0.15, -0.1) is 11.3 Å². The van der Waals surface area contributed by atoms with Crippen molar-refractivity contribution >= 4 is 39.3 Å². The number of hydrogen-bond acceptors (Lipinski definition) is 4. The first kappa shape index (κ1) is 19.7. The van der Waals surface area contributed by atoms with Crippen molar-refractivity contribution in [2.45, 2.75) is 18.9 Å². The summed E-state index contributed by atoms with van der Waals surface area (Å²) in [7, 11) is 0. The highest BCUT2D eigenvalue weighted by atomic mass is 79.9. The highest BCUT2D eigenvalue weighted by Crippen LogP contribution is 2.44. The summed E-state index contributed by atoms with van der Waals surface area (Å²) < 4.78 is 6.12. The van der Waals surface area contributed by atoms with E-state index in [-0.39, 0.29) is 12.5 Å². The van der Waals surface area contributed by atoms with E-state index in [1.165, 1.54) is 11.3 Å². The van der Waals surface area contributed by atoms with E-state index in [0.29, 0.717) is 9.35 Å². The Labute approximate surface area is 180 Å². The third kappa shape index (κ3) is 3.80. The van der Waals surface area contributed by atoms with Crippen LogP contribution in [0.15, 0.2) is 59.1 Å². The average molecular weight is 472 g/mol. The van der Waals surface area contributed by atoms with Crippen molar-refractivity contribution in [3.63, 3.8) is 0 Å². The van der Waals surface area contributed by atoms with E-state index in [0.717, 1.165) is 27.1 Å². The topological polar surface area (TPSA) is 75.6 Å². The van der Waals surface area contributed by atoms with Gasteiger partial charge in [-0.25, -0.2) is 9.59 Å². The number of carboxylic acid groups (broad SMARTS) is 1. The van der Waals surface area contributed by atoms with Crippen molar-refractivity contribution in [3.8, 4) is 11.1 Å². The van der Waals surface area contributed by atoms with Crippen LogP contribution in [0, 0.1) is 6.92 Å². The first-order chi connectivity index (χ1) is 14.0. The van der Waals surface area contributed by atoms with Crippen LogP contribution in [0.25, 0.3) is 11.1 Å². The summed E-state index contributed by atoms with van der Waals surface area (Å²) in [4.78, 5) is 25.6. The van der Waals surface area contributed by atoms with Gasteiger partial charge in [-0.2, -0.15) is 0 Å². The Kier molecular flexibility index (Phi) is 5.43. The Morgan fingerprint density at radius 2 is 1.72 bits per heavy atom. The molecule has 0 saturated heterocycles. The number of amides is 1. The second kappa shape index (κ2) is 8.00. The first-order valence-electron chi connectivity index (χ1n) is 9.06. The third-order valence-electron chi connectivity index (χ3n) is 4.95. The molecular formula is C22H18BrNO4S. The number of ether oxygens (including phenoxy) is 1. The molecule has 2 N–H and O–H groups in total. The van der Waals surface area contributed by atoms with Crippen LogP contribution in [0.1, 0.15) is 32.8 Å². The summed E-state index contributed by atoms with van der Waals surface area (Å²) in [5.74, 6) is -1.21. The minimum absolute atomic E-state index is 0.0767. The Hall–Kier alpha value is -2.64. The molecule has 1 aromatic heterocycles. The maximum atomic E-state index is 12.4. The van der Waals surface area contributed by atoms with E-state index in [1.54, 1.807) is 0 Å². The summed E-state index contributed by atoms with van der Waals surface area (Å²) >= 11 is 4.68. The number of rotatable bonds is 5. The number of hydrogen-bond donors (Lipinski definition) is 2. The van der Waals surface area contributed by atoms with Crippen molar-refractivity contribution in [2.75, 3.05) is 6.61 Å². The molecule has 1 atom stereocenters. The Balaban J connectivity index is 1.50. The largest absolute Gasteiger partial charge is 0.479 e. The molecule has 1 unspecified atom stereocenters. The number of carboxylic acids is 1. The number of benzene rings is 2. The number of nitrogens with one attached hydrogen (secondary N) is 1. The van der Waals surface area contributed by atoms with Gasteiger partial charge in [0.15, 0.2) is 6.04 Å². The zero-order chi connectivity index (χ0) is 20.5. The first-order valence-corrected chi connectivity index (χ1v) is 10.7. The number of aliphatic carboxylic acids is 1. The minimum Gasteiger partial charge on any atom is -0.479 e.